The topological polar surface area (TPSA) is 4.41 Å². The molecule has 0 spiro atoms. The predicted octanol–water partition coefficient (Wildman–Crippen LogP) is 2.64. The molecule has 2 aromatic heterocycles. The fourth-order valence-corrected chi connectivity index (χ4v) is 1.45. The first-order valence-corrected chi connectivity index (χ1v) is 4.07. The van der Waals surface area contributed by atoms with Crippen LogP contribution in [-0.2, 0) is 6.42 Å². The molecule has 2 heterocycles. The fourth-order valence-electron chi connectivity index (χ4n) is 1.45. The summed E-state index contributed by atoms with van der Waals surface area (Å²) in [5.41, 5.74) is 1.80. The Morgan fingerprint density at radius 3 is 2.92 bits per heavy atom. The molecule has 0 aliphatic carbocycles. The maximum Gasteiger partial charge on any atom is 0.147 e. The monoisotopic (exact) mass is 163 g/mol. The molecule has 0 bridgehead atoms. The first kappa shape index (κ1) is 7.35. The number of rotatable bonds is 1. The van der Waals surface area contributed by atoms with Crippen molar-refractivity contribution in [2.45, 2.75) is 13.3 Å². The Morgan fingerprint density at radius 1 is 1.33 bits per heavy atom. The molecule has 12 heavy (non-hydrogen) atoms. The van der Waals surface area contributed by atoms with Crippen molar-refractivity contribution in [3.63, 3.8) is 0 Å². The molecule has 0 amide bonds. The summed E-state index contributed by atoms with van der Waals surface area (Å²) in [5.74, 6) is -0.155. The molecule has 0 aromatic carbocycles. The molecule has 62 valence electrons. The standard InChI is InChI=1S/C10H10FN/c1-2-8-5-6-10-9(11)4-3-7-12(8)10/h3-7H,2H2,1H3. The van der Waals surface area contributed by atoms with Gasteiger partial charge in [0.05, 0.1) is 5.52 Å². The van der Waals surface area contributed by atoms with E-state index >= 15 is 0 Å². The molecule has 0 fully saturated rings. The third-order valence-corrected chi connectivity index (χ3v) is 2.09. The number of fused-ring (bicyclic) bond motifs is 1. The maximum absolute atomic E-state index is 13.1. The predicted molar refractivity (Wildman–Crippen MR) is 46.7 cm³/mol. The molecule has 0 unspecified atom stereocenters. The van der Waals surface area contributed by atoms with Crippen molar-refractivity contribution in [2.24, 2.45) is 0 Å². The average molecular weight is 163 g/mol. The van der Waals surface area contributed by atoms with E-state index in [2.05, 4.69) is 6.92 Å². The van der Waals surface area contributed by atoms with Crippen molar-refractivity contribution in [2.75, 3.05) is 0 Å². The average Bonchev–Trinajstić information content (AvgIpc) is 2.49. The molecule has 0 saturated carbocycles. The lowest BCUT2D eigenvalue weighted by molar-refractivity contribution is 0.632. The maximum atomic E-state index is 13.1. The van der Waals surface area contributed by atoms with Crippen LogP contribution >= 0.6 is 0 Å². The van der Waals surface area contributed by atoms with E-state index in [1.807, 2.05) is 22.7 Å². The van der Waals surface area contributed by atoms with Crippen LogP contribution in [0.1, 0.15) is 12.6 Å². The normalized spacial score (nSPS) is 10.8. The van der Waals surface area contributed by atoms with Crippen molar-refractivity contribution in [1.29, 1.82) is 0 Å². The molecule has 0 atom stereocenters. The van der Waals surface area contributed by atoms with Crippen molar-refractivity contribution in [3.8, 4) is 0 Å². The quantitative estimate of drug-likeness (QED) is 0.608. The van der Waals surface area contributed by atoms with Crippen molar-refractivity contribution >= 4 is 5.52 Å². The van der Waals surface area contributed by atoms with Gasteiger partial charge in [0.15, 0.2) is 0 Å². The largest absolute Gasteiger partial charge is 0.318 e. The van der Waals surface area contributed by atoms with E-state index in [9.17, 15) is 4.39 Å². The summed E-state index contributed by atoms with van der Waals surface area (Å²) in [5, 5.41) is 0. The Labute approximate surface area is 70.4 Å². The third-order valence-electron chi connectivity index (χ3n) is 2.09. The lowest BCUT2D eigenvalue weighted by Gasteiger charge is -1.99. The molecule has 0 radical (unpaired) electrons. The van der Waals surface area contributed by atoms with Gasteiger partial charge in [-0.05, 0) is 30.7 Å². The van der Waals surface area contributed by atoms with E-state index in [-0.39, 0.29) is 5.82 Å². The number of hydrogen-bond acceptors (Lipinski definition) is 0. The van der Waals surface area contributed by atoms with Crippen LogP contribution in [0.4, 0.5) is 4.39 Å². The Bertz CT molecular complexity index is 403. The number of aryl methyl sites for hydroxylation is 1. The van der Waals surface area contributed by atoms with Gasteiger partial charge in [0.25, 0.3) is 0 Å². The molecular formula is C10H10FN. The zero-order valence-electron chi connectivity index (χ0n) is 6.92. The van der Waals surface area contributed by atoms with E-state index in [1.54, 1.807) is 6.07 Å². The highest BCUT2D eigenvalue weighted by atomic mass is 19.1. The van der Waals surface area contributed by atoms with Crippen LogP contribution in [0, 0.1) is 5.82 Å². The van der Waals surface area contributed by atoms with Crippen LogP contribution in [0.25, 0.3) is 5.52 Å². The first-order chi connectivity index (χ1) is 5.83. The number of hydrogen-bond donors (Lipinski definition) is 0. The minimum atomic E-state index is -0.155. The lowest BCUT2D eigenvalue weighted by atomic mass is 10.3. The zero-order chi connectivity index (χ0) is 8.55. The van der Waals surface area contributed by atoms with Gasteiger partial charge in [-0.15, -0.1) is 0 Å². The zero-order valence-corrected chi connectivity index (χ0v) is 6.92. The smallest absolute Gasteiger partial charge is 0.147 e. The minimum absolute atomic E-state index is 0.155. The Hall–Kier alpha value is -1.31. The number of pyridine rings is 1. The summed E-state index contributed by atoms with van der Waals surface area (Å²) in [6, 6.07) is 6.98. The van der Waals surface area contributed by atoms with E-state index < -0.39 is 0 Å². The summed E-state index contributed by atoms with van der Waals surface area (Å²) in [6.45, 7) is 2.06. The van der Waals surface area contributed by atoms with Gasteiger partial charge in [-0.1, -0.05) is 6.92 Å². The fraction of sp³-hybridized carbons (Fsp3) is 0.200. The first-order valence-electron chi connectivity index (χ1n) is 4.07. The van der Waals surface area contributed by atoms with E-state index in [0.29, 0.717) is 5.52 Å². The molecule has 2 aromatic rings. The SMILES string of the molecule is CCc1ccc2c(F)cccn12. The Balaban J connectivity index is 2.80. The molecule has 0 aliphatic heterocycles. The molecule has 0 N–H and O–H groups in total. The van der Waals surface area contributed by atoms with E-state index in [4.69, 9.17) is 0 Å². The molecule has 2 rings (SSSR count). The van der Waals surface area contributed by atoms with Crippen molar-refractivity contribution < 1.29 is 4.39 Å². The van der Waals surface area contributed by atoms with Gasteiger partial charge >= 0.3 is 0 Å². The van der Waals surface area contributed by atoms with Crippen LogP contribution in [0.3, 0.4) is 0 Å². The summed E-state index contributed by atoms with van der Waals surface area (Å²) < 4.78 is 15.0. The highest BCUT2D eigenvalue weighted by Crippen LogP contribution is 2.13. The van der Waals surface area contributed by atoms with Crippen molar-refractivity contribution in [3.05, 3.63) is 42.0 Å². The lowest BCUT2D eigenvalue weighted by Crippen LogP contribution is -1.91. The molecule has 1 nitrogen and oxygen atoms in total. The van der Waals surface area contributed by atoms with Gasteiger partial charge in [-0.25, -0.2) is 4.39 Å². The summed E-state index contributed by atoms with van der Waals surface area (Å²) in [6.07, 6.45) is 2.81. The number of halogens is 1. The second kappa shape index (κ2) is 2.63. The number of aromatic nitrogens is 1. The van der Waals surface area contributed by atoms with Gasteiger partial charge in [0.2, 0.25) is 0 Å². The van der Waals surface area contributed by atoms with Gasteiger partial charge < -0.3 is 4.40 Å². The van der Waals surface area contributed by atoms with Crippen LogP contribution in [-0.4, -0.2) is 4.40 Å². The van der Waals surface area contributed by atoms with Crippen LogP contribution in [0.5, 0.6) is 0 Å². The molecule has 2 heteroatoms. The van der Waals surface area contributed by atoms with Crippen LogP contribution < -0.4 is 0 Å². The van der Waals surface area contributed by atoms with E-state index in [1.165, 1.54) is 6.07 Å². The van der Waals surface area contributed by atoms with Crippen molar-refractivity contribution in [1.82, 2.24) is 4.40 Å². The highest BCUT2D eigenvalue weighted by Gasteiger charge is 2.02. The molecule has 0 saturated heterocycles. The van der Waals surface area contributed by atoms with E-state index in [0.717, 1.165) is 12.1 Å². The minimum Gasteiger partial charge on any atom is -0.318 e. The third kappa shape index (κ3) is 0.916. The van der Waals surface area contributed by atoms with Gasteiger partial charge in [-0.3, -0.25) is 0 Å². The summed E-state index contributed by atoms with van der Waals surface area (Å²) >= 11 is 0. The Kier molecular flexibility index (Phi) is 1.61. The highest BCUT2D eigenvalue weighted by molar-refractivity contribution is 5.50. The Morgan fingerprint density at radius 2 is 2.17 bits per heavy atom. The van der Waals surface area contributed by atoms with Gasteiger partial charge in [0.1, 0.15) is 5.82 Å². The molecular weight excluding hydrogens is 153 g/mol. The summed E-state index contributed by atoms with van der Waals surface area (Å²) in [7, 11) is 0. The number of nitrogens with zero attached hydrogens (tertiary/aromatic N) is 1. The summed E-state index contributed by atoms with van der Waals surface area (Å²) in [4.78, 5) is 0. The second-order valence-electron chi connectivity index (χ2n) is 2.79. The van der Waals surface area contributed by atoms with Crippen LogP contribution in [0.2, 0.25) is 0 Å². The van der Waals surface area contributed by atoms with Gasteiger partial charge in [-0.2, -0.15) is 0 Å². The van der Waals surface area contributed by atoms with Gasteiger partial charge in [0, 0.05) is 11.9 Å². The molecule has 0 aliphatic rings. The van der Waals surface area contributed by atoms with Crippen LogP contribution in [0.15, 0.2) is 30.5 Å². The second-order valence-corrected chi connectivity index (χ2v) is 2.79.